The number of nitrogens with one attached hydrogen (secondary N) is 1. The number of ether oxygens (including phenoxy) is 2. The van der Waals surface area contributed by atoms with Crippen molar-refractivity contribution in [2.24, 2.45) is 5.10 Å². The van der Waals surface area contributed by atoms with Crippen molar-refractivity contribution >= 4 is 39.7 Å². The van der Waals surface area contributed by atoms with Crippen LogP contribution in [0.15, 0.2) is 82.4 Å². The van der Waals surface area contributed by atoms with Gasteiger partial charge < -0.3 is 9.47 Å². The topological polar surface area (TPSA) is 59.9 Å². The standard InChI is InChI=1S/C21H16BrClN2O3/c22-16-9-10-20(19(23)12-16)27-14-21(26)25-24-13-15-5-4-8-18(11-15)28-17-6-2-1-3-7-17/h1-13H,14H2,(H,25,26)/b24-13+. The molecule has 3 aromatic carbocycles. The lowest BCUT2D eigenvalue weighted by atomic mass is 10.2. The molecular weight excluding hydrogens is 444 g/mol. The molecule has 1 N–H and O–H groups in total. The van der Waals surface area contributed by atoms with E-state index in [4.69, 9.17) is 21.1 Å². The largest absolute Gasteiger partial charge is 0.482 e. The van der Waals surface area contributed by atoms with Gasteiger partial charge in [-0.3, -0.25) is 4.79 Å². The Morgan fingerprint density at radius 2 is 1.82 bits per heavy atom. The molecule has 0 aliphatic carbocycles. The molecule has 0 aromatic heterocycles. The molecule has 0 aliphatic rings. The van der Waals surface area contributed by atoms with E-state index in [1.807, 2.05) is 54.6 Å². The summed E-state index contributed by atoms with van der Waals surface area (Å²) in [5.74, 6) is 1.45. The highest BCUT2D eigenvalue weighted by Gasteiger charge is 2.05. The highest BCUT2D eigenvalue weighted by atomic mass is 79.9. The maximum Gasteiger partial charge on any atom is 0.277 e. The van der Waals surface area contributed by atoms with Crippen molar-refractivity contribution in [1.82, 2.24) is 5.43 Å². The third kappa shape index (κ3) is 6.11. The van der Waals surface area contributed by atoms with Crippen molar-refractivity contribution in [3.8, 4) is 17.2 Å². The van der Waals surface area contributed by atoms with E-state index in [0.717, 1.165) is 15.8 Å². The second-order valence-corrected chi connectivity index (χ2v) is 6.97. The Kier molecular flexibility index (Phi) is 7.06. The van der Waals surface area contributed by atoms with Crippen LogP contribution in [0.1, 0.15) is 5.56 Å². The third-order valence-corrected chi connectivity index (χ3v) is 4.28. The van der Waals surface area contributed by atoms with E-state index >= 15 is 0 Å². The zero-order valence-electron chi connectivity index (χ0n) is 14.6. The van der Waals surface area contributed by atoms with Gasteiger partial charge in [-0.25, -0.2) is 5.43 Å². The van der Waals surface area contributed by atoms with Gasteiger partial charge in [0.15, 0.2) is 6.61 Å². The number of halogens is 2. The van der Waals surface area contributed by atoms with E-state index in [1.54, 1.807) is 18.2 Å². The van der Waals surface area contributed by atoms with Gasteiger partial charge in [0.2, 0.25) is 0 Å². The van der Waals surface area contributed by atoms with Gasteiger partial charge in [0.1, 0.15) is 17.2 Å². The quantitative estimate of drug-likeness (QED) is 0.379. The predicted octanol–water partition coefficient (Wildman–Crippen LogP) is 5.42. The lowest BCUT2D eigenvalue weighted by molar-refractivity contribution is -0.123. The Hall–Kier alpha value is -2.83. The summed E-state index contributed by atoms with van der Waals surface area (Å²) in [6, 6.07) is 22.0. The Morgan fingerprint density at radius 1 is 1.04 bits per heavy atom. The molecule has 0 atom stereocenters. The minimum atomic E-state index is -0.396. The molecule has 0 heterocycles. The summed E-state index contributed by atoms with van der Waals surface area (Å²) in [5, 5.41) is 4.36. The smallest absolute Gasteiger partial charge is 0.277 e. The minimum absolute atomic E-state index is 0.199. The van der Waals surface area contributed by atoms with E-state index in [2.05, 4.69) is 26.5 Å². The molecule has 0 saturated carbocycles. The Labute approximate surface area is 176 Å². The van der Waals surface area contributed by atoms with Crippen molar-refractivity contribution in [2.75, 3.05) is 6.61 Å². The number of carbonyl (C=O) groups is 1. The SMILES string of the molecule is O=C(COc1ccc(Br)cc1Cl)N/N=C/c1cccc(Oc2ccccc2)c1. The van der Waals surface area contributed by atoms with Gasteiger partial charge in [0.25, 0.3) is 5.91 Å². The van der Waals surface area contributed by atoms with Crippen LogP contribution in [-0.4, -0.2) is 18.7 Å². The first kappa shape index (κ1) is 19.9. The summed E-state index contributed by atoms with van der Waals surface area (Å²) in [5.41, 5.74) is 3.20. The number of hydrazone groups is 1. The summed E-state index contributed by atoms with van der Waals surface area (Å²) in [7, 11) is 0. The van der Waals surface area contributed by atoms with Crippen molar-refractivity contribution in [3.63, 3.8) is 0 Å². The lowest BCUT2D eigenvalue weighted by Gasteiger charge is -2.07. The molecule has 7 heteroatoms. The zero-order chi connectivity index (χ0) is 19.8. The number of benzene rings is 3. The summed E-state index contributed by atoms with van der Waals surface area (Å²) >= 11 is 9.35. The van der Waals surface area contributed by atoms with Crippen LogP contribution in [0.5, 0.6) is 17.2 Å². The van der Waals surface area contributed by atoms with E-state index < -0.39 is 5.91 Å². The van der Waals surface area contributed by atoms with Crippen LogP contribution in [-0.2, 0) is 4.79 Å². The maximum absolute atomic E-state index is 11.9. The highest BCUT2D eigenvalue weighted by Crippen LogP contribution is 2.27. The number of rotatable bonds is 7. The summed E-state index contributed by atoms with van der Waals surface area (Å²) in [6.45, 7) is -0.199. The first-order chi connectivity index (χ1) is 13.6. The summed E-state index contributed by atoms with van der Waals surface area (Å²) < 4.78 is 12.0. The van der Waals surface area contributed by atoms with Crippen LogP contribution in [0.4, 0.5) is 0 Å². The van der Waals surface area contributed by atoms with Gasteiger partial charge in [0.05, 0.1) is 11.2 Å². The Bertz CT molecular complexity index is 980. The fourth-order valence-electron chi connectivity index (χ4n) is 2.23. The van der Waals surface area contributed by atoms with Crippen LogP contribution >= 0.6 is 27.5 Å². The molecule has 0 radical (unpaired) electrons. The Balaban J connectivity index is 1.51. The molecule has 0 aliphatic heterocycles. The lowest BCUT2D eigenvalue weighted by Crippen LogP contribution is -2.24. The number of hydrogen-bond acceptors (Lipinski definition) is 4. The molecular formula is C21H16BrClN2O3. The second-order valence-electron chi connectivity index (χ2n) is 5.64. The number of nitrogens with zero attached hydrogens (tertiary/aromatic N) is 1. The van der Waals surface area contributed by atoms with Gasteiger partial charge in [-0.15, -0.1) is 0 Å². The first-order valence-electron chi connectivity index (χ1n) is 8.33. The molecule has 0 bridgehead atoms. The molecule has 0 fully saturated rings. The molecule has 142 valence electrons. The number of amides is 1. The van der Waals surface area contributed by atoms with Crippen molar-refractivity contribution < 1.29 is 14.3 Å². The average Bonchev–Trinajstić information content (AvgIpc) is 2.68. The highest BCUT2D eigenvalue weighted by molar-refractivity contribution is 9.10. The fraction of sp³-hybridized carbons (Fsp3) is 0.0476. The monoisotopic (exact) mass is 458 g/mol. The van der Waals surface area contributed by atoms with Gasteiger partial charge in [-0.1, -0.05) is 57.9 Å². The Morgan fingerprint density at radius 3 is 2.61 bits per heavy atom. The van der Waals surface area contributed by atoms with Gasteiger partial charge in [-0.05, 0) is 48.0 Å². The molecule has 3 aromatic rings. The molecule has 0 spiro atoms. The van der Waals surface area contributed by atoms with Crippen molar-refractivity contribution in [1.29, 1.82) is 0 Å². The van der Waals surface area contributed by atoms with E-state index in [1.165, 1.54) is 6.21 Å². The normalized spacial score (nSPS) is 10.6. The third-order valence-electron chi connectivity index (χ3n) is 3.49. The van der Waals surface area contributed by atoms with Crippen LogP contribution in [0.25, 0.3) is 0 Å². The number of para-hydroxylation sites is 1. The van der Waals surface area contributed by atoms with Gasteiger partial charge in [-0.2, -0.15) is 5.10 Å². The predicted molar refractivity (Wildman–Crippen MR) is 113 cm³/mol. The maximum atomic E-state index is 11.9. The van der Waals surface area contributed by atoms with E-state index in [9.17, 15) is 4.79 Å². The van der Waals surface area contributed by atoms with E-state index in [-0.39, 0.29) is 6.61 Å². The fourth-order valence-corrected chi connectivity index (χ4v) is 2.96. The van der Waals surface area contributed by atoms with Crippen LogP contribution in [0, 0.1) is 0 Å². The van der Waals surface area contributed by atoms with Gasteiger partial charge in [0, 0.05) is 4.47 Å². The van der Waals surface area contributed by atoms with Crippen LogP contribution in [0.2, 0.25) is 5.02 Å². The molecule has 5 nitrogen and oxygen atoms in total. The number of hydrogen-bond donors (Lipinski definition) is 1. The average molecular weight is 460 g/mol. The van der Waals surface area contributed by atoms with E-state index in [0.29, 0.717) is 16.5 Å². The first-order valence-corrected chi connectivity index (χ1v) is 9.50. The zero-order valence-corrected chi connectivity index (χ0v) is 17.0. The summed E-state index contributed by atoms with van der Waals surface area (Å²) in [4.78, 5) is 11.9. The molecule has 0 unspecified atom stereocenters. The molecule has 3 rings (SSSR count). The molecule has 1 amide bonds. The van der Waals surface area contributed by atoms with Crippen LogP contribution < -0.4 is 14.9 Å². The minimum Gasteiger partial charge on any atom is -0.482 e. The van der Waals surface area contributed by atoms with Crippen molar-refractivity contribution in [2.45, 2.75) is 0 Å². The van der Waals surface area contributed by atoms with Crippen molar-refractivity contribution in [3.05, 3.63) is 87.9 Å². The number of carbonyl (C=O) groups excluding carboxylic acids is 1. The second kappa shape index (κ2) is 9.92. The van der Waals surface area contributed by atoms with Gasteiger partial charge >= 0.3 is 0 Å². The molecule has 28 heavy (non-hydrogen) atoms. The molecule has 0 saturated heterocycles. The summed E-state index contributed by atoms with van der Waals surface area (Å²) in [6.07, 6.45) is 1.53. The van der Waals surface area contributed by atoms with Crippen LogP contribution in [0.3, 0.4) is 0 Å².